The lowest BCUT2D eigenvalue weighted by molar-refractivity contribution is 0.0950. The average molecular weight is 491 g/mol. The summed E-state index contributed by atoms with van der Waals surface area (Å²) in [6.07, 6.45) is 2.97. The van der Waals surface area contributed by atoms with Gasteiger partial charge in [0.1, 0.15) is 11.6 Å². The topological polar surface area (TPSA) is 127 Å². The highest BCUT2D eigenvalue weighted by molar-refractivity contribution is 5.96. The van der Waals surface area contributed by atoms with Crippen molar-refractivity contribution in [1.82, 2.24) is 19.9 Å². The van der Waals surface area contributed by atoms with Crippen LogP contribution in [0.1, 0.15) is 28.8 Å². The second kappa shape index (κ2) is 9.92. The molecule has 186 valence electrons. The van der Waals surface area contributed by atoms with Crippen molar-refractivity contribution in [3.8, 4) is 22.9 Å². The molecule has 0 saturated heterocycles. The molecular formula is C26H27FN6O3. The molecule has 4 aromatic rings. The van der Waals surface area contributed by atoms with Gasteiger partial charge in [-0.3, -0.25) is 4.79 Å². The number of aromatic nitrogens is 3. The minimum atomic E-state index is -0.753. The van der Waals surface area contributed by atoms with E-state index in [1.807, 2.05) is 19.1 Å². The highest BCUT2D eigenvalue weighted by atomic mass is 19.1. The Balaban J connectivity index is 1.52. The average Bonchev–Trinajstić information content (AvgIpc) is 3.57. The van der Waals surface area contributed by atoms with Crippen molar-refractivity contribution in [3.05, 3.63) is 71.7 Å². The predicted octanol–water partition coefficient (Wildman–Crippen LogP) is 3.26. The van der Waals surface area contributed by atoms with Crippen LogP contribution in [0.2, 0.25) is 0 Å². The summed E-state index contributed by atoms with van der Waals surface area (Å²) in [6.45, 7) is 2.18. The number of anilines is 1. The van der Waals surface area contributed by atoms with Crippen LogP contribution >= 0.6 is 0 Å². The molecule has 1 saturated carbocycles. The summed E-state index contributed by atoms with van der Waals surface area (Å²) in [5, 5.41) is 20.7. The van der Waals surface area contributed by atoms with E-state index in [2.05, 4.69) is 20.7 Å². The summed E-state index contributed by atoms with van der Waals surface area (Å²) in [5.74, 6) is -0.0104. The molecule has 0 radical (unpaired) electrons. The van der Waals surface area contributed by atoms with Crippen LogP contribution in [-0.4, -0.2) is 50.8 Å². The molecule has 1 fully saturated rings. The number of ether oxygens (including phenoxy) is 1. The molecule has 2 aromatic carbocycles. The molecular weight excluding hydrogens is 463 g/mol. The molecule has 1 unspecified atom stereocenters. The van der Waals surface area contributed by atoms with Gasteiger partial charge >= 0.3 is 0 Å². The Kier molecular flexibility index (Phi) is 6.53. The van der Waals surface area contributed by atoms with Crippen molar-refractivity contribution >= 4 is 17.2 Å². The second-order valence-electron chi connectivity index (χ2n) is 8.88. The van der Waals surface area contributed by atoms with Gasteiger partial charge in [-0.15, -0.1) is 5.10 Å². The Labute approximate surface area is 207 Å². The quantitative estimate of drug-likeness (QED) is 0.284. The van der Waals surface area contributed by atoms with Crippen LogP contribution in [0.15, 0.2) is 54.7 Å². The van der Waals surface area contributed by atoms with E-state index in [0.717, 1.165) is 24.0 Å². The van der Waals surface area contributed by atoms with Gasteiger partial charge < -0.3 is 26.2 Å². The molecule has 2 aromatic heterocycles. The van der Waals surface area contributed by atoms with E-state index in [-0.39, 0.29) is 30.9 Å². The van der Waals surface area contributed by atoms with Gasteiger partial charge in [-0.2, -0.15) is 0 Å². The number of nitrogens with zero attached hydrogens (tertiary/aromatic N) is 3. The highest BCUT2D eigenvalue weighted by Crippen LogP contribution is 2.30. The Morgan fingerprint density at radius 3 is 2.83 bits per heavy atom. The normalized spacial score (nSPS) is 14.0. The lowest BCUT2D eigenvalue weighted by Crippen LogP contribution is -2.28. The van der Waals surface area contributed by atoms with Gasteiger partial charge in [0.25, 0.3) is 5.91 Å². The number of nitrogens with one attached hydrogen (secondary N) is 2. The first-order chi connectivity index (χ1) is 17.4. The van der Waals surface area contributed by atoms with Crippen LogP contribution < -0.4 is 21.1 Å². The van der Waals surface area contributed by atoms with Gasteiger partial charge in [0, 0.05) is 42.4 Å². The Bertz CT molecular complexity index is 1420. The highest BCUT2D eigenvalue weighted by Gasteiger charge is 2.24. The maximum absolute atomic E-state index is 13.7. The van der Waals surface area contributed by atoms with Crippen LogP contribution in [0.25, 0.3) is 16.9 Å². The number of hydrogen-bond acceptors (Lipinski definition) is 7. The Hall–Kier alpha value is -4.02. The first kappa shape index (κ1) is 23.7. The summed E-state index contributed by atoms with van der Waals surface area (Å²) < 4.78 is 21.1. The van der Waals surface area contributed by atoms with Crippen molar-refractivity contribution in [2.75, 3.05) is 18.4 Å². The van der Waals surface area contributed by atoms with Crippen LogP contribution in [0, 0.1) is 12.7 Å². The zero-order chi connectivity index (χ0) is 25.2. The lowest BCUT2D eigenvalue weighted by atomic mass is 10.0. The van der Waals surface area contributed by atoms with Crippen molar-refractivity contribution in [1.29, 1.82) is 0 Å². The number of carbonyl (C=O) groups excluding carboxylic acids is 1. The molecule has 1 amide bonds. The lowest BCUT2D eigenvalue weighted by Gasteiger charge is -2.14. The maximum atomic E-state index is 13.7. The number of fused-ring (bicyclic) bond motifs is 1. The van der Waals surface area contributed by atoms with E-state index in [0.29, 0.717) is 28.3 Å². The number of imidazole rings is 1. The number of rotatable bonds is 9. The molecule has 9 nitrogen and oxygen atoms in total. The molecule has 5 N–H and O–H groups in total. The maximum Gasteiger partial charge on any atom is 0.251 e. The molecule has 0 bridgehead atoms. The summed E-state index contributed by atoms with van der Waals surface area (Å²) in [5.41, 5.74) is 9.55. The first-order valence-electron chi connectivity index (χ1n) is 11.8. The summed E-state index contributed by atoms with van der Waals surface area (Å²) in [7, 11) is 0. The molecule has 2 heterocycles. The first-order valence-corrected chi connectivity index (χ1v) is 11.8. The van der Waals surface area contributed by atoms with E-state index in [1.54, 1.807) is 35.0 Å². The number of halogens is 1. The molecule has 1 aliphatic rings. The Morgan fingerprint density at radius 1 is 1.28 bits per heavy atom. The minimum Gasteiger partial charge on any atom is -0.437 e. The fraction of sp³-hybridized carbons (Fsp3) is 0.269. The van der Waals surface area contributed by atoms with Crippen molar-refractivity contribution in [2.45, 2.75) is 31.9 Å². The van der Waals surface area contributed by atoms with Crippen molar-refractivity contribution in [3.63, 3.8) is 0 Å². The standard InChI is InChI=1S/C26H27FN6O3/c1-15-9-16(5-8-21(15)26(35)31-18-6-7-18)23-14-30-25-22(29-13-19(34)12-28)11-24(32-33(23)25)36-20-4-2-3-17(27)10-20/h2-5,8-11,14,18-19,29,34H,6-7,12-13,28H2,1H3,(H,31,35). The predicted molar refractivity (Wildman–Crippen MR) is 134 cm³/mol. The smallest absolute Gasteiger partial charge is 0.251 e. The zero-order valence-electron chi connectivity index (χ0n) is 19.7. The molecule has 1 atom stereocenters. The summed E-state index contributed by atoms with van der Waals surface area (Å²) in [4.78, 5) is 17.1. The molecule has 5 rings (SSSR count). The van der Waals surface area contributed by atoms with Gasteiger partial charge in [0.05, 0.1) is 23.7 Å². The van der Waals surface area contributed by atoms with Crippen molar-refractivity contribution in [2.24, 2.45) is 5.73 Å². The largest absolute Gasteiger partial charge is 0.437 e. The van der Waals surface area contributed by atoms with E-state index < -0.39 is 11.9 Å². The van der Waals surface area contributed by atoms with Gasteiger partial charge in [-0.05, 0) is 49.6 Å². The number of aliphatic hydroxyl groups excluding tert-OH is 1. The molecule has 1 aliphatic carbocycles. The van der Waals surface area contributed by atoms with E-state index in [4.69, 9.17) is 10.5 Å². The zero-order valence-corrected chi connectivity index (χ0v) is 19.7. The van der Waals surface area contributed by atoms with E-state index in [1.165, 1.54) is 12.1 Å². The number of carbonyl (C=O) groups is 1. The SMILES string of the molecule is Cc1cc(-c2cnc3c(NCC(O)CN)cc(Oc4cccc(F)c4)nn23)ccc1C(=O)NC1CC1. The summed E-state index contributed by atoms with van der Waals surface area (Å²) >= 11 is 0. The van der Waals surface area contributed by atoms with Gasteiger partial charge in [-0.1, -0.05) is 12.1 Å². The van der Waals surface area contributed by atoms with Gasteiger partial charge in [0.2, 0.25) is 5.88 Å². The molecule has 0 aliphatic heterocycles. The van der Waals surface area contributed by atoms with Crippen LogP contribution in [0.4, 0.5) is 10.1 Å². The number of benzene rings is 2. The third-order valence-electron chi connectivity index (χ3n) is 5.94. The van der Waals surface area contributed by atoms with E-state index >= 15 is 0 Å². The van der Waals surface area contributed by atoms with Crippen LogP contribution in [0.3, 0.4) is 0 Å². The number of aliphatic hydroxyl groups is 1. The molecule has 36 heavy (non-hydrogen) atoms. The van der Waals surface area contributed by atoms with Crippen LogP contribution in [-0.2, 0) is 0 Å². The number of nitrogens with two attached hydrogens (primary N) is 1. The molecule has 0 spiro atoms. The fourth-order valence-corrected chi connectivity index (χ4v) is 3.85. The third kappa shape index (κ3) is 5.14. The number of hydrogen-bond donors (Lipinski definition) is 4. The molecule has 10 heteroatoms. The monoisotopic (exact) mass is 490 g/mol. The minimum absolute atomic E-state index is 0.0754. The van der Waals surface area contributed by atoms with Crippen LogP contribution in [0.5, 0.6) is 11.6 Å². The van der Waals surface area contributed by atoms with Gasteiger partial charge in [0.15, 0.2) is 5.65 Å². The number of amides is 1. The summed E-state index contributed by atoms with van der Waals surface area (Å²) in [6, 6.07) is 13.2. The number of aryl methyl sites for hydroxylation is 1. The Morgan fingerprint density at radius 2 is 2.11 bits per heavy atom. The van der Waals surface area contributed by atoms with E-state index in [9.17, 15) is 14.3 Å². The third-order valence-corrected chi connectivity index (χ3v) is 5.94. The fourth-order valence-electron chi connectivity index (χ4n) is 3.85. The van der Waals surface area contributed by atoms with Gasteiger partial charge in [-0.25, -0.2) is 13.9 Å². The second-order valence-corrected chi connectivity index (χ2v) is 8.88. The van der Waals surface area contributed by atoms with Crippen molar-refractivity contribution < 1.29 is 19.0 Å².